The maximum Gasteiger partial charge on any atom is 0.244 e. The molecule has 132 valence electrons. The van der Waals surface area contributed by atoms with E-state index in [1.807, 2.05) is 43.3 Å². The van der Waals surface area contributed by atoms with Gasteiger partial charge in [0.1, 0.15) is 23.9 Å². The van der Waals surface area contributed by atoms with Gasteiger partial charge in [0.15, 0.2) is 0 Å². The highest BCUT2D eigenvalue weighted by Gasteiger charge is 2.03. The Kier molecular flexibility index (Phi) is 6.89. The van der Waals surface area contributed by atoms with Crippen LogP contribution in [0.5, 0.6) is 17.2 Å². The van der Waals surface area contributed by atoms with Crippen LogP contribution in [0, 0.1) is 6.92 Å². The van der Waals surface area contributed by atoms with E-state index in [1.54, 1.807) is 26.4 Å². The minimum Gasteiger partial charge on any atom is -0.497 e. The molecule has 2 rings (SSSR count). The fourth-order valence-electron chi connectivity index (χ4n) is 2.16. The van der Waals surface area contributed by atoms with Crippen LogP contribution in [0.15, 0.2) is 48.5 Å². The van der Waals surface area contributed by atoms with Gasteiger partial charge in [0.25, 0.3) is 0 Å². The van der Waals surface area contributed by atoms with Crippen LogP contribution in [0.3, 0.4) is 0 Å². The lowest BCUT2D eigenvalue weighted by Crippen LogP contribution is -2.26. The van der Waals surface area contributed by atoms with E-state index in [-0.39, 0.29) is 5.91 Å². The summed E-state index contributed by atoms with van der Waals surface area (Å²) in [5, 5.41) is 2.78. The molecule has 0 aliphatic heterocycles. The van der Waals surface area contributed by atoms with Gasteiger partial charge in [-0.1, -0.05) is 17.7 Å². The van der Waals surface area contributed by atoms with Crippen LogP contribution in [0.4, 0.5) is 0 Å². The van der Waals surface area contributed by atoms with Gasteiger partial charge >= 0.3 is 0 Å². The summed E-state index contributed by atoms with van der Waals surface area (Å²) < 4.78 is 16.0. The number of rotatable bonds is 8. The number of hydrogen-bond donors (Lipinski definition) is 1. The van der Waals surface area contributed by atoms with Gasteiger partial charge in [-0.15, -0.1) is 0 Å². The fourth-order valence-corrected chi connectivity index (χ4v) is 2.16. The standard InChI is InChI=1S/C20H23NO4/c1-15-4-8-17(9-5-15)25-13-12-21-20(22)11-7-16-6-10-18(23-2)14-19(16)24-3/h4-11,14H,12-13H2,1-3H3,(H,21,22)/b11-7+. The molecule has 0 heterocycles. The highest BCUT2D eigenvalue weighted by Crippen LogP contribution is 2.25. The van der Waals surface area contributed by atoms with Crippen molar-refractivity contribution in [2.45, 2.75) is 6.92 Å². The van der Waals surface area contributed by atoms with Crippen molar-refractivity contribution in [1.29, 1.82) is 0 Å². The summed E-state index contributed by atoms with van der Waals surface area (Å²) in [4.78, 5) is 11.9. The summed E-state index contributed by atoms with van der Waals surface area (Å²) in [6.45, 7) is 2.86. The Morgan fingerprint density at radius 1 is 1.04 bits per heavy atom. The lowest BCUT2D eigenvalue weighted by Gasteiger charge is -2.08. The highest BCUT2D eigenvalue weighted by molar-refractivity contribution is 5.92. The van der Waals surface area contributed by atoms with E-state index < -0.39 is 0 Å². The lowest BCUT2D eigenvalue weighted by molar-refractivity contribution is -0.116. The van der Waals surface area contributed by atoms with Crippen LogP contribution in [-0.2, 0) is 4.79 Å². The average Bonchev–Trinajstić information content (AvgIpc) is 2.64. The summed E-state index contributed by atoms with van der Waals surface area (Å²) in [5.41, 5.74) is 1.98. The van der Waals surface area contributed by atoms with E-state index in [4.69, 9.17) is 14.2 Å². The van der Waals surface area contributed by atoms with Crippen molar-refractivity contribution in [1.82, 2.24) is 5.32 Å². The molecule has 5 nitrogen and oxygen atoms in total. The molecular weight excluding hydrogens is 318 g/mol. The second kappa shape index (κ2) is 9.37. The van der Waals surface area contributed by atoms with Gasteiger partial charge in [-0.25, -0.2) is 0 Å². The van der Waals surface area contributed by atoms with Crippen LogP contribution in [0.2, 0.25) is 0 Å². The van der Waals surface area contributed by atoms with E-state index in [9.17, 15) is 4.79 Å². The predicted octanol–water partition coefficient (Wildman–Crippen LogP) is 3.22. The molecule has 0 aliphatic rings. The topological polar surface area (TPSA) is 56.8 Å². The summed E-state index contributed by atoms with van der Waals surface area (Å²) in [6, 6.07) is 13.2. The fraction of sp³-hybridized carbons (Fsp3) is 0.250. The van der Waals surface area contributed by atoms with Gasteiger partial charge in [0.05, 0.1) is 20.8 Å². The number of carbonyl (C=O) groups is 1. The summed E-state index contributed by atoms with van der Waals surface area (Å²) in [5.74, 6) is 1.95. The number of ether oxygens (including phenoxy) is 3. The third kappa shape index (κ3) is 5.88. The SMILES string of the molecule is COc1ccc(/C=C/C(=O)NCCOc2ccc(C)cc2)c(OC)c1. The van der Waals surface area contributed by atoms with Crippen molar-refractivity contribution in [3.8, 4) is 17.2 Å². The number of amides is 1. The number of hydrogen-bond acceptors (Lipinski definition) is 4. The summed E-state index contributed by atoms with van der Waals surface area (Å²) in [6.07, 6.45) is 3.17. The summed E-state index contributed by atoms with van der Waals surface area (Å²) >= 11 is 0. The zero-order valence-corrected chi connectivity index (χ0v) is 14.7. The van der Waals surface area contributed by atoms with Crippen LogP contribution in [0.25, 0.3) is 6.08 Å². The van der Waals surface area contributed by atoms with E-state index in [0.717, 1.165) is 11.3 Å². The van der Waals surface area contributed by atoms with Gasteiger partial charge in [-0.3, -0.25) is 4.79 Å². The van der Waals surface area contributed by atoms with Crippen molar-refractivity contribution >= 4 is 12.0 Å². The monoisotopic (exact) mass is 341 g/mol. The normalized spacial score (nSPS) is 10.5. The molecule has 0 unspecified atom stereocenters. The second-order valence-electron chi connectivity index (χ2n) is 5.39. The van der Waals surface area contributed by atoms with Crippen molar-refractivity contribution in [3.63, 3.8) is 0 Å². The predicted molar refractivity (Wildman–Crippen MR) is 98.3 cm³/mol. The minimum absolute atomic E-state index is 0.189. The van der Waals surface area contributed by atoms with Gasteiger partial charge in [-0.2, -0.15) is 0 Å². The molecule has 5 heteroatoms. The van der Waals surface area contributed by atoms with E-state index in [0.29, 0.717) is 24.7 Å². The Hall–Kier alpha value is -2.95. The molecule has 0 aromatic heterocycles. The Morgan fingerprint density at radius 3 is 2.44 bits per heavy atom. The molecule has 0 saturated carbocycles. The van der Waals surface area contributed by atoms with Crippen LogP contribution in [0.1, 0.15) is 11.1 Å². The van der Waals surface area contributed by atoms with Crippen molar-refractivity contribution in [2.24, 2.45) is 0 Å². The molecule has 25 heavy (non-hydrogen) atoms. The minimum atomic E-state index is -0.189. The molecule has 0 bridgehead atoms. The number of benzene rings is 2. The molecule has 2 aromatic carbocycles. The first-order chi connectivity index (χ1) is 12.1. The third-order valence-electron chi connectivity index (χ3n) is 3.55. The largest absolute Gasteiger partial charge is 0.497 e. The summed E-state index contributed by atoms with van der Waals surface area (Å²) in [7, 11) is 3.17. The smallest absolute Gasteiger partial charge is 0.244 e. The van der Waals surface area contributed by atoms with Crippen LogP contribution >= 0.6 is 0 Å². The van der Waals surface area contributed by atoms with Gasteiger partial charge in [0.2, 0.25) is 5.91 Å². The first-order valence-electron chi connectivity index (χ1n) is 8.00. The molecule has 0 radical (unpaired) electrons. The van der Waals surface area contributed by atoms with Gasteiger partial charge < -0.3 is 19.5 Å². The molecule has 0 saturated heterocycles. The number of methoxy groups -OCH3 is 2. The maximum absolute atomic E-state index is 11.9. The van der Waals surface area contributed by atoms with Gasteiger partial charge in [-0.05, 0) is 37.3 Å². The lowest BCUT2D eigenvalue weighted by atomic mass is 10.1. The first kappa shape index (κ1) is 18.4. The van der Waals surface area contributed by atoms with Crippen molar-refractivity contribution in [3.05, 3.63) is 59.7 Å². The van der Waals surface area contributed by atoms with Crippen molar-refractivity contribution in [2.75, 3.05) is 27.4 Å². The van der Waals surface area contributed by atoms with E-state index in [1.165, 1.54) is 11.6 Å². The second-order valence-corrected chi connectivity index (χ2v) is 5.39. The number of carbonyl (C=O) groups excluding carboxylic acids is 1. The van der Waals surface area contributed by atoms with E-state index in [2.05, 4.69) is 5.32 Å². The molecule has 0 atom stereocenters. The highest BCUT2D eigenvalue weighted by atomic mass is 16.5. The van der Waals surface area contributed by atoms with Crippen LogP contribution < -0.4 is 19.5 Å². The number of aryl methyl sites for hydroxylation is 1. The molecule has 0 spiro atoms. The Bertz CT molecular complexity index is 723. The Labute approximate surface area is 148 Å². The molecule has 0 aliphatic carbocycles. The average molecular weight is 341 g/mol. The number of nitrogens with one attached hydrogen (secondary N) is 1. The third-order valence-corrected chi connectivity index (χ3v) is 3.55. The first-order valence-corrected chi connectivity index (χ1v) is 8.00. The Morgan fingerprint density at radius 2 is 1.76 bits per heavy atom. The molecule has 1 N–H and O–H groups in total. The van der Waals surface area contributed by atoms with E-state index >= 15 is 0 Å². The van der Waals surface area contributed by atoms with Gasteiger partial charge in [0, 0.05) is 17.7 Å². The maximum atomic E-state index is 11.9. The molecule has 0 fully saturated rings. The quantitative estimate of drug-likeness (QED) is 0.592. The zero-order valence-electron chi connectivity index (χ0n) is 14.7. The van der Waals surface area contributed by atoms with Crippen molar-refractivity contribution < 1.29 is 19.0 Å². The zero-order chi connectivity index (χ0) is 18.1. The van der Waals surface area contributed by atoms with Crippen LogP contribution in [-0.4, -0.2) is 33.3 Å². The Balaban J connectivity index is 1.79. The molecule has 1 amide bonds. The molecular formula is C20H23NO4. The molecule has 2 aromatic rings.